The van der Waals surface area contributed by atoms with Gasteiger partial charge in [-0.25, -0.2) is 0 Å². The maximum Gasteiger partial charge on any atom is 0.225 e. The van der Waals surface area contributed by atoms with Crippen molar-refractivity contribution in [2.45, 2.75) is 12.8 Å². The van der Waals surface area contributed by atoms with E-state index in [4.69, 9.17) is 4.99 Å². The van der Waals surface area contributed by atoms with Gasteiger partial charge in [-0.2, -0.15) is 0 Å². The number of carbonyl (C=O) groups is 1. The molecule has 2 heterocycles. The number of amidine groups is 1. The maximum absolute atomic E-state index is 12.4. The molecular weight excluding hydrogens is 370 g/mol. The first-order chi connectivity index (χ1) is 14.8. The van der Waals surface area contributed by atoms with E-state index in [-0.39, 0.29) is 0 Å². The number of rotatable bonds is 3. The van der Waals surface area contributed by atoms with Crippen molar-refractivity contribution >= 4 is 23.4 Å². The summed E-state index contributed by atoms with van der Waals surface area (Å²) in [6, 6.07) is 18.9. The molecule has 4 nitrogen and oxygen atoms in total. The number of fused-ring (bicyclic) bond motifs is 1. The van der Waals surface area contributed by atoms with Gasteiger partial charge in [0.2, 0.25) is 5.91 Å². The number of hydrogen-bond donors (Lipinski definition) is 0. The highest BCUT2D eigenvalue weighted by molar-refractivity contribution is 6.05. The van der Waals surface area contributed by atoms with Gasteiger partial charge in [0.15, 0.2) is 0 Å². The molecule has 0 radical (unpaired) electrons. The van der Waals surface area contributed by atoms with Gasteiger partial charge in [0.25, 0.3) is 0 Å². The van der Waals surface area contributed by atoms with Crippen LogP contribution in [0.25, 0.3) is 11.6 Å². The van der Waals surface area contributed by atoms with Gasteiger partial charge in [-0.15, -0.1) is 0 Å². The third-order valence-electron chi connectivity index (χ3n) is 6.10. The zero-order valence-corrected chi connectivity index (χ0v) is 17.2. The Labute approximate surface area is 178 Å². The summed E-state index contributed by atoms with van der Waals surface area (Å²) in [4.78, 5) is 21.7. The SMILES string of the molecule is O=C(C1CC1)N1CCN(C2=NCC=C(/C=C/c3ccccc3)c3ccccc32)CC1. The number of aliphatic imine (C=N–C) groups is 1. The molecule has 0 bridgehead atoms. The Balaban J connectivity index is 1.35. The Hall–Kier alpha value is -3.14. The van der Waals surface area contributed by atoms with Crippen LogP contribution in [-0.4, -0.2) is 54.3 Å². The predicted molar refractivity (Wildman–Crippen MR) is 122 cm³/mol. The Kier molecular flexibility index (Phi) is 5.22. The molecule has 0 atom stereocenters. The van der Waals surface area contributed by atoms with Gasteiger partial charge in [-0.3, -0.25) is 9.79 Å². The van der Waals surface area contributed by atoms with Crippen molar-refractivity contribution in [1.82, 2.24) is 9.80 Å². The number of amides is 1. The third kappa shape index (κ3) is 3.95. The molecule has 2 aromatic carbocycles. The van der Waals surface area contributed by atoms with Gasteiger partial charge in [-0.1, -0.05) is 72.8 Å². The largest absolute Gasteiger partial charge is 0.353 e. The zero-order chi connectivity index (χ0) is 20.3. The second-order valence-electron chi connectivity index (χ2n) is 8.20. The second kappa shape index (κ2) is 8.31. The highest BCUT2D eigenvalue weighted by Crippen LogP contribution is 2.31. The van der Waals surface area contributed by atoms with Gasteiger partial charge >= 0.3 is 0 Å². The fraction of sp³-hybridized carbons (Fsp3) is 0.308. The average molecular weight is 398 g/mol. The van der Waals surface area contributed by atoms with Crippen LogP contribution in [0.4, 0.5) is 0 Å². The van der Waals surface area contributed by atoms with Crippen LogP contribution in [0.2, 0.25) is 0 Å². The summed E-state index contributed by atoms with van der Waals surface area (Å²) in [5.41, 5.74) is 4.80. The Morgan fingerprint density at radius 2 is 1.57 bits per heavy atom. The van der Waals surface area contributed by atoms with E-state index in [0.717, 1.165) is 44.9 Å². The summed E-state index contributed by atoms with van der Waals surface area (Å²) in [7, 11) is 0. The van der Waals surface area contributed by atoms with Crippen LogP contribution >= 0.6 is 0 Å². The van der Waals surface area contributed by atoms with E-state index in [2.05, 4.69) is 71.7 Å². The molecule has 3 aliphatic rings. The minimum absolute atomic E-state index is 0.302. The first kappa shape index (κ1) is 18.9. The second-order valence-corrected chi connectivity index (χ2v) is 8.20. The molecule has 0 N–H and O–H groups in total. The molecule has 30 heavy (non-hydrogen) atoms. The van der Waals surface area contributed by atoms with E-state index >= 15 is 0 Å². The van der Waals surface area contributed by atoms with Crippen molar-refractivity contribution in [3.63, 3.8) is 0 Å². The molecule has 1 saturated heterocycles. The Bertz CT molecular complexity index is 1010. The average Bonchev–Trinajstić information content (AvgIpc) is 3.66. The van der Waals surface area contributed by atoms with Crippen LogP contribution in [-0.2, 0) is 4.79 Å². The lowest BCUT2D eigenvalue weighted by molar-refractivity contribution is -0.133. The number of nitrogens with zero attached hydrogens (tertiary/aromatic N) is 3. The predicted octanol–water partition coefficient (Wildman–Crippen LogP) is 4.10. The molecule has 1 amide bonds. The maximum atomic E-state index is 12.4. The first-order valence-electron chi connectivity index (χ1n) is 10.9. The fourth-order valence-electron chi connectivity index (χ4n) is 4.26. The normalized spacial score (nSPS) is 19.2. The summed E-state index contributed by atoms with van der Waals surface area (Å²) in [6.07, 6.45) is 8.71. The van der Waals surface area contributed by atoms with Gasteiger partial charge in [0.05, 0.1) is 6.54 Å². The van der Waals surface area contributed by atoms with E-state index in [1.165, 1.54) is 22.3 Å². The van der Waals surface area contributed by atoms with Crippen molar-refractivity contribution in [1.29, 1.82) is 0 Å². The Morgan fingerprint density at radius 1 is 0.867 bits per heavy atom. The summed E-state index contributed by atoms with van der Waals surface area (Å²) < 4.78 is 0. The van der Waals surface area contributed by atoms with Crippen molar-refractivity contribution < 1.29 is 4.79 Å². The number of benzene rings is 2. The van der Waals surface area contributed by atoms with Gasteiger partial charge in [0.1, 0.15) is 5.84 Å². The molecule has 0 aromatic heterocycles. The van der Waals surface area contributed by atoms with Gasteiger partial charge in [-0.05, 0) is 29.5 Å². The highest BCUT2D eigenvalue weighted by atomic mass is 16.2. The lowest BCUT2D eigenvalue weighted by Crippen LogP contribution is -2.51. The minimum Gasteiger partial charge on any atom is -0.353 e. The van der Waals surface area contributed by atoms with Crippen molar-refractivity contribution in [2.75, 3.05) is 32.7 Å². The number of carbonyl (C=O) groups excluding carboxylic acids is 1. The molecule has 4 heteroatoms. The minimum atomic E-state index is 0.302. The van der Waals surface area contributed by atoms with Crippen LogP contribution in [0.15, 0.2) is 71.7 Å². The number of hydrogen-bond acceptors (Lipinski definition) is 3. The molecule has 1 aliphatic carbocycles. The Morgan fingerprint density at radius 3 is 2.30 bits per heavy atom. The van der Waals surface area contributed by atoms with Crippen LogP contribution in [0, 0.1) is 5.92 Å². The summed E-state index contributed by atoms with van der Waals surface area (Å²) in [5.74, 6) is 1.71. The van der Waals surface area contributed by atoms with Gasteiger partial charge < -0.3 is 9.80 Å². The molecule has 0 spiro atoms. The lowest BCUT2D eigenvalue weighted by atomic mass is 9.97. The molecule has 2 aliphatic heterocycles. The van der Waals surface area contributed by atoms with Crippen molar-refractivity contribution in [3.8, 4) is 0 Å². The molecule has 152 valence electrons. The summed E-state index contributed by atoms with van der Waals surface area (Å²) in [6.45, 7) is 3.96. The van der Waals surface area contributed by atoms with E-state index < -0.39 is 0 Å². The topological polar surface area (TPSA) is 35.9 Å². The lowest BCUT2D eigenvalue weighted by Gasteiger charge is -2.37. The summed E-state index contributed by atoms with van der Waals surface area (Å²) >= 11 is 0. The van der Waals surface area contributed by atoms with Crippen LogP contribution in [0.5, 0.6) is 0 Å². The van der Waals surface area contributed by atoms with Crippen LogP contribution in [0.3, 0.4) is 0 Å². The quantitative estimate of drug-likeness (QED) is 0.782. The van der Waals surface area contributed by atoms with E-state index in [0.29, 0.717) is 18.4 Å². The molecule has 0 unspecified atom stereocenters. The van der Waals surface area contributed by atoms with E-state index in [9.17, 15) is 4.79 Å². The van der Waals surface area contributed by atoms with Crippen molar-refractivity contribution in [2.24, 2.45) is 10.9 Å². The summed E-state index contributed by atoms with van der Waals surface area (Å²) in [5, 5.41) is 0. The monoisotopic (exact) mass is 397 g/mol. The van der Waals surface area contributed by atoms with Crippen LogP contribution in [0.1, 0.15) is 29.5 Å². The fourth-order valence-corrected chi connectivity index (χ4v) is 4.26. The number of piperazine rings is 1. The zero-order valence-electron chi connectivity index (χ0n) is 17.2. The first-order valence-corrected chi connectivity index (χ1v) is 10.9. The molecule has 1 saturated carbocycles. The van der Waals surface area contributed by atoms with E-state index in [1.54, 1.807) is 0 Å². The highest BCUT2D eigenvalue weighted by Gasteiger charge is 2.35. The molecule has 2 aromatic rings. The third-order valence-corrected chi connectivity index (χ3v) is 6.10. The molecular formula is C26H27N3O. The smallest absolute Gasteiger partial charge is 0.225 e. The van der Waals surface area contributed by atoms with Gasteiger partial charge in [0, 0.05) is 37.7 Å². The standard InChI is InChI=1S/C26H27N3O/c30-26(22-12-13-22)29-18-16-28(17-19-29)25-24-9-5-4-8-23(24)21(14-15-27-25)11-10-20-6-2-1-3-7-20/h1-11,14,22H,12-13,15-19H2/b11-10+. The molecule has 2 fully saturated rings. The molecule has 5 rings (SSSR count). The van der Waals surface area contributed by atoms with E-state index in [1.807, 2.05) is 11.0 Å². The van der Waals surface area contributed by atoms with Crippen molar-refractivity contribution in [3.05, 3.63) is 83.4 Å². The number of allylic oxidation sites excluding steroid dienone is 2. The van der Waals surface area contributed by atoms with Crippen LogP contribution < -0.4 is 0 Å².